The van der Waals surface area contributed by atoms with Gasteiger partial charge in [0.1, 0.15) is 13.3 Å². The summed E-state index contributed by atoms with van der Waals surface area (Å²) in [7, 11) is -1.09. The number of esters is 1. The van der Waals surface area contributed by atoms with E-state index in [9.17, 15) is 4.79 Å². The molecule has 2 aromatic rings. The first-order valence-electron chi connectivity index (χ1n) is 7.61. The molecule has 0 aliphatic heterocycles. The van der Waals surface area contributed by atoms with Crippen LogP contribution in [0.4, 0.5) is 0 Å². The van der Waals surface area contributed by atoms with E-state index < -0.39 is 8.07 Å². The number of benzene rings is 1. The minimum Gasteiger partial charge on any atom is -0.461 e. The fourth-order valence-corrected chi connectivity index (χ4v) is 3.48. The molecular formula is C16H23BrN2O3Si. The summed E-state index contributed by atoms with van der Waals surface area (Å²) in [6.45, 7) is 9.77. The fraction of sp³-hybridized carbons (Fsp3) is 0.500. The highest BCUT2D eigenvalue weighted by Gasteiger charge is 2.14. The molecule has 5 nitrogen and oxygen atoms in total. The molecule has 0 aliphatic carbocycles. The lowest BCUT2D eigenvalue weighted by Crippen LogP contribution is -2.22. The van der Waals surface area contributed by atoms with Crippen LogP contribution in [0.1, 0.15) is 12.5 Å². The van der Waals surface area contributed by atoms with E-state index in [1.165, 1.54) is 6.92 Å². The van der Waals surface area contributed by atoms with Crippen molar-refractivity contribution in [3.63, 3.8) is 0 Å². The van der Waals surface area contributed by atoms with E-state index in [1.807, 2.05) is 16.8 Å². The molecule has 0 atom stereocenters. The summed E-state index contributed by atoms with van der Waals surface area (Å²) in [5.74, 6) is -0.296. The Morgan fingerprint density at radius 3 is 2.74 bits per heavy atom. The Hall–Kier alpha value is -1.18. The van der Waals surface area contributed by atoms with E-state index in [0.717, 1.165) is 33.6 Å². The van der Waals surface area contributed by atoms with Gasteiger partial charge in [0.05, 0.1) is 11.7 Å². The number of nitrogens with zero attached hydrogens (tertiary/aromatic N) is 2. The maximum atomic E-state index is 11.1. The van der Waals surface area contributed by atoms with Gasteiger partial charge in [0.25, 0.3) is 0 Å². The monoisotopic (exact) mass is 398 g/mol. The van der Waals surface area contributed by atoms with E-state index in [2.05, 4.69) is 40.7 Å². The molecule has 0 saturated carbocycles. The molecule has 0 unspecified atom stereocenters. The van der Waals surface area contributed by atoms with E-state index in [-0.39, 0.29) is 12.6 Å². The van der Waals surface area contributed by atoms with Crippen LogP contribution in [0.15, 0.2) is 22.8 Å². The zero-order chi connectivity index (χ0) is 17.0. The van der Waals surface area contributed by atoms with Crippen LogP contribution in [0.25, 0.3) is 10.9 Å². The Balaban J connectivity index is 2.15. The molecule has 0 bridgehead atoms. The van der Waals surface area contributed by atoms with Crippen LogP contribution in [0.2, 0.25) is 25.7 Å². The van der Waals surface area contributed by atoms with Crippen LogP contribution in [0.3, 0.4) is 0 Å². The molecule has 1 aromatic carbocycles. The van der Waals surface area contributed by atoms with Gasteiger partial charge in [0.2, 0.25) is 0 Å². The first-order chi connectivity index (χ1) is 10.8. The molecule has 0 aliphatic rings. The lowest BCUT2D eigenvalue weighted by molar-refractivity contribution is -0.142. The summed E-state index contributed by atoms with van der Waals surface area (Å²) >= 11 is 3.48. The van der Waals surface area contributed by atoms with Gasteiger partial charge in [-0.3, -0.25) is 4.79 Å². The highest BCUT2D eigenvalue weighted by molar-refractivity contribution is 9.10. The van der Waals surface area contributed by atoms with Gasteiger partial charge in [0.15, 0.2) is 0 Å². The van der Waals surface area contributed by atoms with Crippen molar-refractivity contribution in [2.24, 2.45) is 0 Å². The Morgan fingerprint density at radius 1 is 1.35 bits per heavy atom. The topological polar surface area (TPSA) is 53.3 Å². The molecule has 0 amide bonds. The molecule has 0 radical (unpaired) electrons. The Kier molecular flexibility index (Phi) is 5.99. The minimum absolute atomic E-state index is 0.228. The normalized spacial score (nSPS) is 11.9. The molecule has 0 spiro atoms. The van der Waals surface area contributed by atoms with E-state index in [1.54, 1.807) is 6.20 Å². The average molecular weight is 399 g/mol. The first kappa shape index (κ1) is 18.2. The minimum atomic E-state index is -1.09. The maximum Gasteiger partial charge on any atom is 0.302 e. The molecule has 0 N–H and O–H groups in total. The van der Waals surface area contributed by atoms with Crippen LogP contribution in [0.5, 0.6) is 0 Å². The molecule has 23 heavy (non-hydrogen) atoms. The van der Waals surface area contributed by atoms with Crippen molar-refractivity contribution in [2.75, 3.05) is 6.61 Å². The standard InChI is InChI=1S/C16H23BrN2O3Si/c1-12(20)22-10-14-8-15(17)7-13-9-18-19(16(13)14)11-21-5-6-23(2,3)4/h7-9H,5-6,10-11H2,1-4H3. The summed E-state index contributed by atoms with van der Waals surface area (Å²) in [6.07, 6.45) is 1.80. The third kappa shape index (κ3) is 5.44. The number of ether oxygens (including phenoxy) is 2. The zero-order valence-corrected chi connectivity index (χ0v) is 16.6. The zero-order valence-electron chi connectivity index (χ0n) is 14.1. The molecule has 2 rings (SSSR count). The fourth-order valence-electron chi connectivity index (χ4n) is 2.20. The van der Waals surface area contributed by atoms with E-state index in [0.29, 0.717) is 6.73 Å². The van der Waals surface area contributed by atoms with Gasteiger partial charge in [-0.2, -0.15) is 5.10 Å². The molecule has 1 heterocycles. The van der Waals surface area contributed by atoms with Gasteiger partial charge in [-0.15, -0.1) is 0 Å². The molecule has 0 saturated heterocycles. The van der Waals surface area contributed by atoms with Crippen molar-refractivity contribution in [3.05, 3.63) is 28.4 Å². The average Bonchev–Trinajstić information content (AvgIpc) is 2.83. The van der Waals surface area contributed by atoms with Gasteiger partial charge in [-0.1, -0.05) is 35.6 Å². The number of hydrogen-bond acceptors (Lipinski definition) is 4. The second-order valence-electron chi connectivity index (χ2n) is 6.78. The van der Waals surface area contributed by atoms with Crippen molar-refractivity contribution in [2.45, 2.75) is 45.9 Å². The predicted octanol–water partition coefficient (Wildman–Crippen LogP) is 4.17. The number of rotatable bonds is 7. The largest absolute Gasteiger partial charge is 0.461 e. The van der Waals surface area contributed by atoms with Crippen LogP contribution in [-0.4, -0.2) is 30.4 Å². The van der Waals surface area contributed by atoms with Gasteiger partial charge in [0, 0.05) is 37.0 Å². The first-order valence-corrected chi connectivity index (χ1v) is 12.1. The maximum absolute atomic E-state index is 11.1. The lowest BCUT2D eigenvalue weighted by atomic mass is 10.1. The second kappa shape index (κ2) is 7.59. The molecule has 1 aromatic heterocycles. The number of hydrogen-bond donors (Lipinski definition) is 0. The Bertz CT molecular complexity index is 694. The second-order valence-corrected chi connectivity index (χ2v) is 13.3. The molecule has 126 valence electrons. The van der Waals surface area contributed by atoms with Gasteiger partial charge in [-0.25, -0.2) is 4.68 Å². The van der Waals surface area contributed by atoms with E-state index >= 15 is 0 Å². The number of aromatic nitrogens is 2. The summed E-state index contributed by atoms with van der Waals surface area (Å²) in [5.41, 5.74) is 1.86. The third-order valence-corrected chi connectivity index (χ3v) is 5.58. The van der Waals surface area contributed by atoms with Gasteiger partial charge >= 0.3 is 5.97 Å². The predicted molar refractivity (Wildman–Crippen MR) is 97.0 cm³/mol. The van der Waals surface area contributed by atoms with Crippen LogP contribution in [0, 0.1) is 0 Å². The highest BCUT2D eigenvalue weighted by atomic mass is 79.9. The highest BCUT2D eigenvalue weighted by Crippen LogP contribution is 2.25. The summed E-state index contributed by atoms with van der Waals surface area (Å²) in [4.78, 5) is 11.1. The SMILES string of the molecule is CC(=O)OCc1cc(Br)cc2cnn(COCC[Si](C)(C)C)c12. The van der Waals surface area contributed by atoms with Crippen molar-refractivity contribution in [1.82, 2.24) is 9.78 Å². The third-order valence-electron chi connectivity index (χ3n) is 3.42. The van der Waals surface area contributed by atoms with Crippen molar-refractivity contribution < 1.29 is 14.3 Å². The van der Waals surface area contributed by atoms with Gasteiger partial charge in [-0.05, 0) is 18.2 Å². The lowest BCUT2D eigenvalue weighted by Gasteiger charge is -2.15. The van der Waals surface area contributed by atoms with Crippen molar-refractivity contribution >= 4 is 40.9 Å². The number of carbonyl (C=O) groups excluding carboxylic acids is 1. The van der Waals surface area contributed by atoms with Crippen molar-refractivity contribution in [1.29, 1.82) is 0 Å². The quantitative estimate of drug-likeness (QED) is 0.398. The summed E-state index contributed by atoms with van der Waals surface area (Å²) < 4.78 is 13.7. The number of fused-ring (bicyclic) bond motifs is 1. The Morgan fingerprint density at radius 2 is 2.09 bits per heavy atom. The molecular weight excluding hydrogens is 376 g/mol. The van der Waals surface area contributed by atoms with Gasteiger partial charge < -0.3 is 9.47 Å². The Labute approximate surface area is 146 Å². The summed E-state index contributed by atoms with van der Waals surface area (Å²) in [5, 5.41) is 5.40. The van der Waals surface area contributed by atoms with E-state index in [4.69, 9.17) is 9.47 Å². The van der Waals surface area contributed by atoms with Crippen LogP contribution >= 0.6 is 15.9 Å². The number of halogens is 1. The molecule has 0 fully saturated rings. The smallest absolute Gasteiger partial charge is 0.302 e. The number of carbonyl (C=O) groups is 1. The van der Waals surface area contributed by atoms with Crippen LogP contribution < -0.4 is 0 Å². The summed E-state index contributed by atoms with van der Waals surface area (Å²) in [6, 6.07) is 5.07. The van der Waals surface area contributed by atoms with Crippen LogP contribution in [-0.2, 0) is 27.6 Å². The molecule has 7 heteroatoms. The van der Waals surface area contributed by atoms with Crippen molar-refractivity contribution in [3.8, 4) is 0 Å².